The van der Waals surface area contributed by atoms with E-state index in [1.807, 2.05) is 49.7 Å². The molecule has 2 nitrogen and oxygen atoms in total. The molecule has 0 saturated heterocycles. The Morgan fingerprint density at radius 2 is 2.08 bits per heavy atom. The zero-order chi connectivity index (χ0) is 9.52. The molecule has 1 aromatic rings. The quantitative estimate of drug-likeness (QED) is 0.565. The van der Waals surface area contributed by atoms with Crippen molar-refractivity contribution >= 4 is 30.2 Å². The van der Waals surface area contributed by atoms with Crippen molar-refractivity contribution < 1.29 is 3.74 Å². The first kappa shape index (κ1) is 10.4. The Bertz CT molecular complexity index is 266. The maximum atomic E-state index is 5.07. The molecule has 0 fully saturated rings. The first-order chi connectivity index (χ1) is 6.33. The fourth-order valence-corrected chi connectivity index (χ4v) is 1.29. The second-order valence-corrected chi connectivity index (χ2v) is 3.64. The Kier molecular flexibility index (Phi) is 4.75. The van der Waals surface area contributed by atoms with Gasteiger partial charge in [0.25, 0.3) is 0 Å². The van der Waals surface area contributed by atoms with E-state index in [9.17, 15) is 0 Å². The molecular weight excluding hydrogens is 206 g/mol. The summed E-state index contributed by atoms with van der Waals surface area (Å²) in [5.41, 5.74) is 1.14. The van der Waals surface area contributed by atoms with E-state index in [4.69, 9.17) is 11.9 Å². The Morgan fingerprint density at radius 3 is 2.69 bits per heavy atom. The molecule has 0 radical (unpaired) electrons. The van der Waals surface area contributed by atoms with Crippen molar-refractivity contribution in [3.8, 4) is 0 Å². The van der Waals surface area contributed by atoms with E-state index in [1.54, 1.807) is 4.31 Å². The summed E-state index contributed by atoms with van der Waals surface area (Å²) in [5.74, 6) is 0. The second-order valence-electron chi connectivity index (χ2n) is 2.41. The smallest absolute Gasteiger partial charge is 0.134 e. The van der Waals surface area contributed by atoms with Crippen LogP contribution >= 0.6 is 24.1 Å². The third-order valence-corrected chi connectivity index (χ3v) is 2.00. The Hall–Kier alpha value is -0.640. The predicted molar refractivity (Wildman–Crippen MR) is 57.8 cm³/mol. The molecule has 0 heterocycles. The summed E-state index contributed by atoms with van der Waals surface area (Å²) >= 11 is 6.13. The normalized spacial score (nSPS) is 10.6. The minimum absolute atomic E-state index is 1.06. The summed E-state index contributed by atoms with van der Waals surface area (Å²) in [6, 6.07) is 10.0. The number of halogens is 1. The fourth-order valence-electron chi connectivity index (χ4n) is 0.824. The van der Waals surface area contributed by atoms with Crippen LogP contribution in [0.4, 0.5) is 0 Å². The van der Waals surface area contributed by atoms with Crippen LogP contribution in [0.5, 0.6) is 0 Å². The molecule has 1 aromatic carbocycles. The van der Waals surface area contributed by atoms with Crippen LogP contribution < -0.4 is 0 Å². The number of rotatable bonds is 4. The lowest BCUT2D eigenvalue weighted by molar-refractivity contribution is 0.648. The number of hydrogen-bond donors (Lipinski definition) is 0. The molecule has 0 amide bonds. The van der Waals surface area contributed by atoms with Crippen molar-refractivity contribution in [1.29, 1.82) is 0 Å². The first-order valence-corrected chi connectivity index (χ1v) is 4.75. The minimum atomic E-state index is 1.06. The van der Waals surface area contributed by atoms with Crippen LogP contribution in [0.2, 0.25) is 0 Å². The van der Waals surface area contributed by atoms with Crippen LogP contribution in [0, 0.1) is 0 Å². The predicted octanol–water partition coefficient (Wildman–Crippen LogP) is 3.32. The molecule has 0 spiro atoms. The highest BCUT2D eigenvalue weighted by molar-refractivity contribution is 7.93. The van der Waals surface area contributed by atoms with Crippen LogP contribution in [-0.2, 0) is 3.74 Å². The molecule has 0 atom stereocenters. The summed E-state index contributed by atoms with van der Waals surface area (Å²) in [7, 11) is 1.85. The lowest BCUT2D eigenvalue weighted by Gasteiger charge is -2.06. The van der Waals surface area contributed by atoms with Crippen molar-refractivity contribution in [3.63, 3.8) is 0 Å². The number of hydrogen-bond acceptors (Lipinski definition) is 3. The molecule has 0 aromatic heterocycles. The Morgan fingerprint density at radius 1 is 1.38 bits per heavy atom. The molecule has 0 unspecified atom stereocenters. The van der Waals surface area contributed by atoms with E-state index in [0.29, 0.717) is 0 Å². The first-order valence-electron chi connectivity index (χ1n) is 3.74. The number of benzene rings is 1. The molecule has 0 aliphatic carbocycles. The van der Waals surface area contributed by atoms with Gasteiger partial charge in [-0.25, -0.2) is 0 Å². The van der Waals surface area contributed by atoms with Gasteiger partial charge in [-0.3, -0.25) is 0 Å². The molecule has 0 N–H and O–H groups in total. The fraction of sp³-hybridized carbons (Fsp3) is 0.111. The van der Waals surface area contributed by atoms with Gasteiger partial charge in [-0.2, -0.15) is 3.74 Å². The average Bonchev–Trinajstić information content (AvgIpc) is 2.17. The van der Waals surface area contributed by atoms with E-state index in [-0.39, 0.29) is 0 Å². The van der Waals surface area contributed by atoms with E-state index >= 15 is 0 Å². The van der Waals surface area contributed by atoms with Crippen LogP contribution in [0.25, 0.3) is 6.08 Å². The molecular formula is C9H10ClNOS. The second kappa shape index (κ2) is 5.91. The van der Waals surface area contributed by atoms with Gasteiger partial charge in [0.2, 0.25) is 0 Å². The molecule has 1 rings (SSSR count). The van der Waals surface area contributed by atoms with Crippen LogP contribution in [-0.4, -0.2) is 11.4 Å². The highest BCUT2D eigenvalue weighted by Gasteiger charge is 1.90. The third-order valence-electron chi connectivity index (χ3n) is 1.42. The standard InChI is InChI=1S/C9H10ClNOS/c1-11(13-12-10)8-7-9-5-3-2-4-6-9/h2-8H,1H3/b8-7-. The Balaban J connectivity index is 2.49. The zero-order valence-corrected chi connectivity index (χ0v) is 8.76. The van der Waals surface area contributed by atoms with Gasteiger partial charge >= 0.3 is 0 Å². The molecule has 0 aliphatic rings. The van der Waals surface area contributed by atoms with E-state index < -0.39 is 0 Å². The molecule has 13 heavy (non-hydrogen) atoms. The van der Waals surface area contributed by atoms with Crippen LogP contribution in [0.1, 0.15) is 5.56 Å². The molecule has 0 bridgehead atoms. The summed E-state index contributed by atoms with van der Waals surface area (Å²) < 4.78 is 6.12. The van der Waals surface area contributed by atoms with Gasteiger partial charge in [0, 0.05) is 13.2 Å². The van der Waals surface area contributed by atoms with Crippen LogP contribution in [0.3, 0.4) is 0 Å². The van der Waals surface area contributed by atoms with Gasteiger partial charge in [-0.05, 0) is 11.6 Å². The van der Waals surface area contributed by atoms with Gasteiger partial charge in [0.15, 0.2) is 0 Å². The lowest BCUT2D eigenvalue weighted by Crippen LogP contribution is -1.96. The van der Waals surface area contributed by atoms with Crippen molar-refractivity contribution in [2.45, 2.75) is 0 Å². The zero-order valence-electron chi connectivity index (χ0n) is 7.18. The molecule has 4 heteroatoms. The molecule has 0 saturated carbocycles. The summed E-state index contributed by atoms with van der Waals surface area (Å²) in [5, 5.41) is 0. The maximum Gasteiger partial charge on any atom is 0.134 e. The number of nitrogens with zero attached hydrogens (tertiary/aromatic N) is 1. The lowest BCUT2D eigenvalue weighted by atomic mass is 10.2. The summed E-state index contributed by atoms with van der Waals surface area (Å²) in [4.78, 5) is 0. The monoisotopic (exact) mass is 215 g/mol. The van der Waals surface area contributed by atoms with Crippen molar-refractivity contribution in [2.24, 2.45) is 0 Å². The van der Waals surface area contributed by atoms with E-state index in [0.717, 1.165) is 17.8 Å². The maximum absolute atomic E-state index is 5.07. The van der Waals surface area contributed by atoms with E-state index in [1.165, 1.54) is 0 Å². The van der Waals surface area contributed by atoms with Crippen LogP contribution in [0.15, 0.2) is 36.5 Å². The third kappa shape index (κ3) is 4.22. The minimum Gasteiger partial charge on any atom is -0.302 e. The van der Waals surface area contributed by atoms with Gasteiger partial charge in [-0.15, -0.1) is 0 Å². The molecule has 70 valence electrons. The highest BCUT2D eigenvalue weighted by atomic mass is 35.5. The average molecular weight is 216 g/mol. The Labute approximate surface area is 87.7 Å². The topological polar surface area (TPSA) is 12.5 Å². The van der Waals surface area contributed by atoms with Gasteiger partial charge in [-0.1, -0.05) is 30.3 Å². The molecule has 0 aliphatic heterocycles. The van der Waals surface area contributed by atoms with Crippen molar-refractivity contribution in [3.05, 3.63) is 42.1 Å². The summed E-state index contributed by atoms with van der Waals surface area (Å²) in [6.07, 6.45) is 3.85. The highest BCUT2D eigenvalue weighted by Crippen LogP contribution is 2.12. The SMILES string of the molecule is CN(/C=C\c1ccccc1)SOCl. The largest absolute Gasteiger partial charge is 0.302 e. The van der Waals surface area contributed by atoms with Crippen molar-refractivity contribution in [1.82, 2.24) is 4.31 Å². The summed E-state index contributed by atoms with van der Waals surface area (Å²) in [6.45, 7) is 0. The van der Waals surface area contributed by atoms with E-state index in [2.05, 4.69) is 3.74 Å². The van der Waals surface area contributed by atoms with Gasteiger partial charge < -0.3 is 4.31 Å². The van der Waals surface area contributed by atoms with Crippen molar-refractivity contribution in [2.75, 3.05) is 7.05 Å². The van der Waals surface area contributed by atoms with Gasteiger partial charge in [0.1, 0.15) is 12.2 Å². The van der Waals surface area contributed by atoms with Gasteiger partial charge in [0.05, 0.1) is 11.9 Å².